The van der Waals surface area contributed by atoms with Crippen molar-refractivity contribution in [2.75, 3.05) is 0 Å². The minimum absolute atomic E-state index is 0.0257. The Morgan fingerprint density at radius 3 is 3.00 bits per heavy atom. The van der Waals surface area contributed by atoms with E-state index in [9.17, 15) is 0 Å². The highest BCUT2D eigenvalue weighted by molar-refractivity contribution is 7.09. The molecule has 2 aromatic rings. The van der Waals surface area contributed by atoms with E-state index in [4.69, 9.17) is 5.73 Å². The van der Waals surface area contributed by atoms with Gasteiger partial charge in [-0.3, -0.25) is 0 Å². The lowest BCUT2D eigenvalue weighted by Gasteiger charge is -1.96. The van der Waals surface area contributed by atoms with Crippen LogP contribution in [0.15, 0.2) is 18.0 Å². The highest BCUT2D eigenvalue weighted by atomic mass is 32.1. The third kappa shape index (κ3) is 1.58. The molecule has 0 aliphatic rings. The van der Waals surface area contributed by atoms with Gasteiger partial charge in [0.2, 0.25) is 0 Å². The van der Waals surface area contributed by atoms with Gasteiger partial charge in [0, 0.05) is 5.38 Å². The molecule has 1 unspecified atom stereocenters. The zero-order valence-corrected chi connectivity index (χ0v) is 7.90. The average molecular weight is 195 g/mol. The summed E-state index contributed by atoms with van der Waals surface area (Å²) in [6.07, 6.45) is 3.09. The second-order valence-corrected chi connectivity index (χ2v) is 3.56. The van der Waals surface area contributed by atoms with Gasteiger partial charge in [-0.25, -0.2) is 14.6 Å². The molecule has 1 atom stereocenters. The van der Waals surface area contributed by atoms with Crippen LogP contribution in [0, 0.1) is 0 Å². The molecule has 6 heteroatoms. The van der Waals surface area contributed by atoms with Gasteiger partial charge in [0.25, 0.3) is 0 Å². The second kappa shape index (κ2) is 3.23. The van der Waals surface area contributed by atoms with Crippen molar-refractivity contribution in [2.24, 2.45) is 5.73 Å². The second-order valence-electron chi connectivity index (χ2n) is 2.67. The van der Waals surface area contributed by atoms with Gasteiger partial charge in [0.05, 0.1) is 6.04 Å². The van der Waals surface area contributed by atoms with Gasteiger partial charge >= 0.3 is 0 Å². The number of hydrogen-bond donors (Lipinski definition) is 1. The minimum atomic E-state index is -0.0257. The molecule has 0 aromatic carbocycles. The third-order valence-corrected chi connectivity index (χ3v) is 2.59. The quantitative estimate of drug-likeness (QED) is 0.767. The van der Waals surface area contributed by atoms with E-state index in [0.29, 0.717) is 0 Å². The average Bonchev–Trinajstić information content (AvgIpc) is 2.75. The molecule has 0 radical (unpaired) electrons. The van der Waals surface area contributed by atoms with Crippen molar-refractivity contribution in [1.29, 1.82) is 0 Å². The Morgan fingerprint density at radius 2 is 2.46 bits per heavy atom. The third-order valence-electron chi connectivity index (χ3n) is 1.55. The Morgan fingerprint density at radius 1 is 1.62 bits per heavy atom. The Bertz CT molecular complexity index is 377. The van der Waals surface area contributed by atoms with Crippen molar-refractivity contribution in [3.63, 3.8) is 0 Å². The van der Waals surface area contributed by atoms with Crippen LogP contribution in [0.4, 0.5) is 0 Å². The van der Waals surface area contributed by atoms with Crippen LogP contribution < -0.4 is 5.73 Å². The van der Waals surface area contributed by atoms with Gasteiger partial charge in [-0.2, -0.15) is 5.10 Å². The van der Waals surface area contributed by atoms with Crippen LogP contribution in [0.25, 0.3) is 5.82 Å². The van der Waals surface area contributed by atoms with Crippen LogP contribution in [0.5, 0.6) is 0 Å². The Hall–Kier alpha value is -1.27. The largest absolute Gasteiger partial charge is 0.322 e. The predicted molar refractivity (Wildman–Crippen MR) is 49.6 cm³/mol. The van der Waals surface area contributed by atoms with Gasteiger partial charge in [-0.15, -0.1) is 11.3 Å². The van der Waals surface area contributed by atoms with E-state index >= 15 is 0 Å². The fraction of sp³-hybridized carbons (Fsp3) is 0.286. The summed E-state index contributed by atoms with van der Waals surface area (Å²) in [5, 5.41) is 6.79. The summed E-state index contributed by atoms with van der Waals surface area (Å²) in [6, 6.07) is -0.0257. The number of rotatable bonds is 2. The summed E-state index contributed by atoms with van der Waals surface area (Å²) >= 11 is 1.53. The SMILES string of the molecule is CC(N)c1nc(-n2cncn2)cs1. The van der Waals surface area contributed by atoms with Crippen molar-refractivity contribution >= 4 is 11.3 Å². The predicted octanol–water partition coefficient (Wildman–Crippen LogP) is 0.744. The lowest BCUT2D eigenvalue weighted by Crippen LogP contribution is -2.05. The monoisotopic (exact) mass is 195 g/mol. The van der Waals surface area contributed by atoms with Gasteiger partial charge in [-0.05, 0) is 6.92 Å². The maximum Gasteiger partial charge on any atom is 0.166 e. The fourth-order valence-electron chi connectivity index (χ4n) is 0.920. The molecule has 5 nitrogen and oxygen atoms in total. The molecule has 0 bridgehead atoms. The summed E-state index contributed by atoms with van der Waals surface area (Å²) in [6.45, 7) is 1.91. The summed E-state index contributed by atoms with van der Waals surface area (Å²) in [5.41, 5.74) is 5.68. The minimum Gasteiger partial charge on any atom is -0.322 e. The van der Waals surface area contributed by atoms with Gasteiger partial charge in [0.1, 0.15) is 17.7 Å². The van der Waals surface area contributed by atoms with E-state index < -0.39 is 0 Å². The van der Waals surface area contributed by atoms with Crippen molar-refractivity contribution in [3.05, 3.63) is 23.0 Å². The van der Waals surface area contributed by atoms with Crippen molar-refractivity contribution in [2.45, 2.75) is 13.0 Å². The number of nitrogens with two attached hydrogens (primary N) is 1. The lowest BCUT2D eigenvalue weighted by atomic mass is 10.4. The zero-order valence-electron chi connectivity index (χ0n) is 7.08. The summed E-state index contributed by atoms with van der Waals surface area (Å²) in [5.74, 6) is 0.773. The van der Waals surface area contributed by atoms with Gasteiger partial charge < -0.3 is 5.73 Å². The lowest BCUT2D eigenvalue weighted by molar-refractivity contribution is 0.784. The molecular formula is C7H9N5S. The maximum atomic E-state index is 5.68. The number of hydrogen-bond acceptors (Lipinski definition) is 5. The number of nitrogens with zero attached hydrogens (tertiary/aromatic N) is 4. The van der Waals surface area contributed by atoms with Gasteiger partial charge in [0.15, 0.2) is 5.82 Å². The molecule has 0 aliphatic heterocycles. The van der Waals surface area contributed by atoms with Crippen LogP contribution in [-0.4, -0.2) is 19.7 Å². The van der Waals surface area contributed by atoms with E-state index in [0.717, 1.165) is 10.8 Å². The van der Waals surface area contributed by atoms with E-state index in [2.05, 4.69) is 15.1 Å². The summed E-state index contributed by atoms with van der Waals surface area (Å²) < 4.78 is 1.61. The molecule has 0 fully saturated rings. The first kappa shape index (κ1) is 8.33. The van der Waals surface area contributed by atoms with E-state index in [1.54, 1.807) is 11.0 Å². The van der Waals surface area contributed by atoms with E-state index in [1.165, 1.54) is 17.7 Å². The molecule has 2 N–H and O–H groups in total. The number of thiazole rings is 1. The topological polar surface area (TPSA) is 69.6 Å². The first-order valence-electron chi connectivity index (χ1n) is 3.83. The molecule has 0 saturated carbocycles. The summed E-state index contributed by atoms with van der Waals surface area (Å²) in [4.78, 5) is 8.14. The maximum absolute atomic E-state index is 5.68. The van der Waals surface area contributed by atoms with E-state index in [1.807, 2.05) is 12.3 Å². The normalized spacial score (nSPS) is 13.1. The van der Waals surface area contributed by atoms with Crippen molar-refractivity contribution < 1.29 is 0 Å². The molecule has 0 saturated heterocycles. The molecule has 2 rings (SSSR count). The Labute approximate surface area is 79.2 Å². The highest BCUT2D eigenvalue weighted by Gasteiger charge is 2.06. The number of aromatic nitrogens is 4. The molecule has 2 heterocycles. The highest BCUT2D eigenvalue weighted by Crippen LogP contribution is 2.17. The van der Waals surface area contributed by atoms with Crippen LogP contribution in [0.2, 0.25) is 0 Å². The molecular weight excluding hydrogens is 186 g/mol. The molecule has 13 heavy (non-hydrogen) atoms. The van der Waals surface area contributed by atoms with Crippen molar-refractivity contribution in [1.82, 2.24) is 19.7 Å². The first-order chi connectivity index (χ1) is 6.27. The smallest absolute Gasteiger partial charge is 0.166 e. The van der Waals surface area contributed by atoms with Gasteiger partial charge in [-0.1, -0.05) is 0 Å². The molecule has 0 amide bonds. The van der Waals surface area contributed by atoms with Crippen LogP contribution in [-0.2, 0) is 0 Å². The molecule has 0 spiro atoms. The molecule has 2 aromatic heterocycles. The Kier molecular flexibility index (Phi) is 2.07. The fourth-order valence-corrected chi connectivity index (χ4v) is 1.67. The molecule has 0 aliphatic carbocycles. The summed E-state index contributed by atoms with van der Waals surface area (Å²) in [7, 11) is 0. The first-order valence-corrected chi connectivity index (χ1v) is 4.71. The standard InChI is InChI=1S/C7H9N5S/c1-5(8)7-11-6(2-13-7)12-4-9-3-10-12/h2-5H,8H2,1H3. The van der Waals surface area contributed by atoms with Crippen molar-refractivity contribution in [3.8, 4) is 5.82 Å². The van der Waals surface area contributed by atoms with E-state index in [-0.39, 0.29) is 6.04 Å². The Balaban J connectivity index is 2.33. The van der Waals surface area contributed by atoms with Crippen LogP contribution in [0.1, 0.15) is 18.0 Å². The van der Waals surface area contributed by atoms with Crippen LogP contribution >= 0.6 is 11.3 Å². The zero-order chi connectivity index (χ0) is 9.26. The van der Waals surface area contributed by atoms with Crippen LogP contribution in [0.3, 0.4) is 0 Å². The molecule has 68 valence electrons.